The molecule has 0 radical (unpaired) electrons. The van der Waals surface area contributed by atoms with E-state index in [-0.39, 0.29) is 24.3 Å². The number of halogens is 1. The molecule has 7 heteroatoms. The largest absolute Gasteiger partial charge is 0.338 e. The van der Waals surface area contributed by atoms with Gasteiger partial charge in [0.15, 0.2) is 0 Å². The highest BCUT2D eigenvalue weighted by Gasteiger charge is 2.54. The Morgan fingerprint density at radius 3 is 2.52 bits per heavy atom. The lowest BCUT2D eigenvalue weighted by Gasteiger charge is -2.38. The van der Waals surface area contributed by atoms with E-state index in [2.05, 4.69) is 5.32 Å². The summed E-state index contributed by atoms with van der Waals surface area (Å²) in [6.07, 6.45) is 1.11. The zero-order valence-corrected chi connectivity index (χ0v) is 15.2. The topological polar surface area (TPSA) is 83.6 Å². The average Bonchev–Trinajstić information content (AvgIpc) is 2.54. The van der Waals surface area contributed by atoms with Crippen molar-refractivity contribution in [3.05, 3.63) is 34.9 Å². The molecule has 1 aromatic carbocycles. The van der Waals surface area contributed by atoms with Crippen molar-refractivity contribution < 1.29 is 19.2 Å². The normalized spacial score (nSPS) is 20.8. The van der Waals surface area contributed by atoms with Crippen molar-refractivity contribution in [2.24, 2.45) is 11.3 Å². The molecule has 0 bridgehead atoms. The fourth-order valence-corrected chi connectivity index (χ4v) is 3.05. The van der Waals surface area contributed by atoms with Crippen LogP contribution >= 0.6 is 11.6 Å². The molecule has 1 heterocycles. The van der Waals surface area contributed by atoms with E-state index in [1.54, 1.807) is 19.1 Å². The number of carbonyl (C=O) groups excluding carboxylic acids is 4. The van der Waals surface area contributed by atoms with Crippen LogP contribution in [0.15, 0.2) is 24.3 Å². The van der Waals surface area contributed by atoms with Crippen LogP contribution in [0, 0.1) is 11.3 Å². The lowest BCUT2D eigenvalue weighted by Crippen LogP contribution is -2.65. The van der Waals surface area contributed by atoms with Crippen molar-refractivity contribution >= 4 is 35.4 Å². The molecule has 1 N–H and O–H groups in total. The molecule has 5 amide bonds. The maximum absolute atomic E-state index is 13.0. The van der Waals surface area contributed by atoms with E-state index in [9.17, 15) is 19.2 Å². The van der Waals surface area contributed by atoms with Crippen LogP contribution in [0.4, 0.5) is 4.79 Å². The summed E-state index contributed by atoms with van der Waals surface area (Å²) in [5, 5.41) is 2.48. The summed E-state index contributed by atoms with van der Waals surface area (Å²) in [4.78, 5) is 50.8. The van der Waals surface area contributed by atoms with Gasteiger partial charge in [0.05, 0.1) is 0 Å². The minimum atomic E-state index is -1.41. The molecule has 0 aliphatic carbocycles. The Hall–Kier alpha value is -2.21. The van der Waals surface area contributed by atoms with E-state index in [0.29, 0.717) is 16.3 Å². The van der Waals surface area contributed by atoms with Gasteiger partial charge in [0.1, 0.15) is 5.41 Å². The smallest absolute Gasteiger partial charge is 0.276 e. The van der Waals surface area contributed by atoms with Gasteiger partial charge in [0.2, 0.25) is 5.91 Å². The number of urea groups is 1. The van der Waals surface area contributed by atoms with Crippen molar-refractivity contribution in [2.45, 2.75) is 40.0 Å². The Morgan fingerprint density at radius 1 is 1.28 bits per heavy atom. The van der Waals surface area contributed by atoms with Crippen LogP contribution in [0.5, 0.6) is 0 Å². The highest BCUT2D eigenvalue weighted by molar-refractivity contribution is 6.31. The average molecular weight is 365 g/mol. The quantitative estimate of drug-likeness (QED) is 0.641. The molecule has 1 aliphatic heterocycles. The van der Waals surface area contributed by atoms with Crippen LogP contribution in [0.2, 0.25) is 5.02 Å². The predicted molar refractivity (Wildman–Crippen MR) is 93.0 cm³/mol. The predicted octanol–water partition coefficient (Wildman–Crippen LogP) is 3.39. The van der Waals surface area contributed by atoms with Gasteiger partial charge in [0.25, 0.3) is 11.8 Å². The molecule has 1 atom stereocenters. The number of nitrogens with zero attached hydrogens (tertiary/aromatic N) is 1. The molecule has 0 unspecified atom stereocenters. The first-order valence-electron chi connectivity index (χ1n) is 8.22. The molecule has 1 aromatic rings. The minimum Gasteiger partial charge on any atom is -0.276 e. The van der Waals surface area contributed by atoms with Crippen LogP contribution < -0.4 is 5.32 Å². The molecule has 25 heavy (non-hydrogen) atoms. The van der Waals surface area contributed by atoms with Gasteiger partial charge in [-0.2, -0.15) is 4.90 Å². The molecule has 134 valence electrons. The van der Waals surface area contributed by atoms with Gasteiger partial charge in [-0.25, -0.2) is 4.79 Å². The monoisotopic (exact) mass is 364 g/mol. The van der Waals surface area contributed by atoms with E-state index >= 15 is 0 Å². The van der Waals surface area contributed by atoms with E-state index in [1.807, 2.05) is 13.8 Å². The third kappa shape index (κ3) is 3.58. The number of barbiturate groups is 1. The summed E-state index contributed by atoms with van der Waals surface area (Å²) in [5.41, 5.74) is -1.30. The molecule has 1 saturated heterocycles. The first-order valence-corrected chi connectivity index (χ1v) is 8.60. The van der Waals surface area contributed by atoms with Crippen LogP contribution in [0.3, 0.4) is 0 Å². The number of rotatable bonds is 5. The van der Waals surface area contributed by atoms with Gasteiger partial charge >= 0.3 is 6.03 Å². The molecule has 1 aliphatic rings. The van der Waals surface area contributed by atoms with Gasteiger partial charge in [-0.15, -0.1) is 0 Å². The first kappa shape index (κ1) is 19.1. The number of imide groups is 4. The summed E-state index contributed by atoms with van der Waals surface area (Å²) in [5.74, 6) is -1.92. The van der Waals surface area contributed by atoms with Crippen molar-refractivity contribution in [1.29, 1.82) is 0 Å². The van der Waals surface area contributed by atoms with E-state index in [4.69, 9.17) is 11.6 Å². The Bertz CT molecular complexity index is 732. The SMILES string of the molecule is CC[C@]1(CCC(C)C)C(=O)NC(=O)N(C(=O)c2cccc(Cl)c2)C1=O. The molecule has 0 aromatic heterocycles. The molecule has 6 nitrogen and oxygen atoms in total. The number of hydrogen-bond acceptors (Lipinski definition) is 4. The zero-order chi connectivity index (χ0) is 18.8. The first-order chi connectivity index (χ1) is 11.7. The summed E-state index contributed by atoms with van der Waals surface area (Å²) in [6, 6.07) is 4.96. The Balaban J connectivity index is 2.40. The lowest BCUT2D eigenvalue weighted by atomic mass is 9.75. The fourth-order valence-electron chi connectivity index (χ4n) is 2.86. The van der Waals surface area contributed by atoms with Gasteiger partial charge in [-0.05, 0) is 43.4 Å². The zero-order valence-electron chi connectivity index (χ0n) is 14.5. The van der Waals surface area contributed by atoms with E-state index in [0.717, 1.165) is 0 Å². The Kier molecular flexibility index (Phi) is 5.62. The molecule has 2 rings (SSSR count). The molecular formula is C18H21ClN2O4. The Morgan fingerprint density at radius 2 is 1.96 bits per heavy atom. The number of amides is 5. The van der Waals surface area contributed by atoms with Gasteiger partial charge in [-0.1, -0.05) is 38.4 Å². The Labute approximate surface area is 151 Å². The standard InChI is InChI=1S/C18H21ClN2O4/c1-4-18(9-8-11(2)3)15(23)20-17(25)21(16(18)24)14(22)12-6-5-7-13(19)10-12/h5-7,10-11H,4,8-9H2,1-3H3,(H,20,23,25)/t18-/m0/s1. The van der Waals surface area contributed by atoms with Crippen LogP contribution in [-0.2, 0) is 9.59 Å². The molecule has 0 saturated carbocycles. The number of nitrogens with one attached hydrogen (secondary N) is 1. The van der Waals surface area contributed by atoms with Crippen molar-refractivity contribution in [3.63, 3.8) is 0 Å². The summed E-state index contributed by atoms with van der Waals surface area (Å²) in [7, 11) is 0. The third-order valence-electron chi connectivity index (χ3n) is 4.50. The third-order valence-corrected chi connectivity index (χ3v) is 4.73. The number of hydrogen-bond donors (Lipinski definition) is 1. The van der Waals surface area contributed by atoms with Crippen LogP contribution in [0.25, 0.3) is 0 Å². The lowest BCUT2D eigenvalue weighted by molar-refractivity contribution is -0.150. The van der Waals surface area contributed by atoms with Crippen molar-refractivity contribution in [2.75, 3.05) is 0 Å². The van der Waals surface area contributed by atoms with Crippen LogP contribution in [-0.4, -0.2) is 28.7 Å². The van der Waals surface area contributed by atoms with E-state index in [1.165, 1.54) is 12.1 Å². The molecule has 0 spiro atoms. The van der Waals surface area contributed by atoms with Crippen molar-refractivity contribution in [1.82, 2.24) is 10.2 Å². The number of benzene rings is 1. The second-order valence-corrected chi connectivity index (χ2v) is 7.02. The van der Waals surface area contributed by atoms with Crippen molar-refractivity contribution in [3.8, 4) is 0 Å². The highest BCUT2D eigenvalue weighted by Crippen LogP contribution is 2.35. The highest BCUT2D eigenvalue weighted by atomic mass is 35.5. The minimum absolute atomic E-state index is 0.110. The van der Waals surface area contributed by atoms with Gasteiger partial charge in [0, 0.05) is 10.6 Å². The second-order valence-electron chi connectivity index (χ2n) is 6.58. The van der Waals surface area contributed by atoms with Gasteiger partial charge < -0.3 is 0 Å². The maximum Gasteiger partial charge on any atom is 0.338 e. The summed E-state index contributed by atoms with van der Waals surface area (Å²) < 4.78 is 0. The molecule has 1 fully saturated rings. The van der Waals surface area contributed by atoms with E-state index < -0.39 is 29.2 Å². The summed E-state index contributed by atoms with van der Waals surface area (Å²) >= 11 is 5.88. The molecular weight excluding hydrogens is 344 g/mol. The maximum atomic E-state index is 13.0. The number of carbonyl (C=O) groups is 4. The summed E-state index contributed by atoms with van der Waals surface area (Å²) in [6.45, 7) is 5.67. The fraction of sp³-hybridized carbons (Fsp3) is 0.444. The second kappa shape index (κ2) is 7.35. The van der Waals surface area contributed by atoms with Gasteiger partial charge in [-0.3, -0.25) is 19.7 Å². The van der Waals surface area contributed by atoms with Crippen LogP contribution in [0.1, 0.15) is 50.4 Å².